The number of hydrogen-bond acceptors (Lipinski definition) is 3. The molecule has 1 unspecified atom stereocenters. The number of nitrogens with zero attached hydrogens (tertiary/aromatic N) is 1. The van der Waals surface area contributed by atoms with Crippen LogP contribution in [0, 0.1) is 5.92 Å². The summed E-state index contributed by atoms with van der Waals surface area (Å²) in [5.74, 6) is -2.14. The van der Waals surface area contributed by atoms with Gasteiger partial charge in [0.2, 0.25) is 0 Å². The molecule has 0 aliphatic carbocycles. The zero-order valence-corrected chi connectivity index (χ0v) is 10.8. The number of rotatable bonds is 4. The maximum Gasteiger partial charge on any atom is 0.308 e. The average molecular weight is 272 g/mol. The molecule has 0 saturated heterocycles. The zero-order chi connectivity index (χ0) is 13.9. The quantitative estimate of drug-likeness (QED) is 0.876. The number of carbonyl (C=O) groups is 2. The van der Waals surface area contributed by atoms with Gasteiger partial charge < -0.3 is 15.1 Å². The number of carboxylic acids is 1. The van der Waals surface area contributed by atoms with Crippen LogP contribution in [-0.4, -0.2) is 40.6 Å². The Morgan fingerprint density at radius 2 is 2.06 bits per heavy atom. The highest BCUT2D eigenvalue weighted by atomic mass is 35.5. The van der Waals surface area contributed by atoms with Gasteiger partial charge >= 0.3 is 5.97 Å². The molecule has 0 spiro atoms. The van der Waals surface area contributed by atoms with Crippen molar-refractivity contribution >= 4 is 23.5 Å². The largest absolute Gasteiger partial charge is 0.508 e. The molecule has 5 nitrogen and oxygen atoms in total. The van der Waals surface area contributed by atoms with Crippen molar-refractivity contribution in [3.63, 3.8) is 0 Å². The molecule has 0 aliphatic heterocycles. The van der Waals surface area contributed by atoms with Crippen LogP contribution in [0.25, 0.3) is 0 Å². The molecule has 1 aromatic carbocycles. The molecule has 0 bridgehead atoms. The number of benzene rings is 1. The van der Waals surface area contributed by atoms with Crippen LogP contribution in [0.4, 0.5) is 0 Å². The molecule has 1 amide bonds. The van der Waals surface area contributed by atoms with E-state index in [9.17, 15) is 14.7 Å². The lowest BCUT2D eigenvalue weighted by atomic mass is 10.1. The van der Waals surface area contributed by atoms with E-state index >= 15 is 0 Å². The van der Waals surface area contributed by atoms with Gasteiger partial charge in [-0.2, -0.15) is 0 Å². The highest BCUT2D eigenvalue weighted by molar-refractivity contribution is 6.33. The Bertz CT molecular complexity index is 475. The van der Waals surface area contributed by atoms with Crippen molar-refractivity contribution in [1.29, 1.82) is 0 Å². The molecule has 98 valence electrons. The van der Waals surface area contributed by atoms with Crippen LogP contribution in [0.1, 0.15) is 17.3 Å². The first-order valence-electron chi connectivity index (χ1n) is 5.29. The number of phenolic OH excluding ortho intramolecular Hbond substituents is 1. The van der Waals surface area contributed by atoms with E-state index in [0.29, 0.717) is 0 Å². The van der Waals surface area contributed by atoms with Crippen LogP contribution in [0.3, 0.4) is 0 Å². The van der Waals surface area contributed by atoms with Crippen molar-refractivity contribution in [2.24, 2.45) is 5.92 Å². The number of hydrogen-bond donors (Lipinski definition) is 2. The molecule has 1 aromatic rings. The fourth-order valence-electron chi connectivity index (χ4n) is 1.45. The Morgan fingerprint density at radius 3 is 2.61 bits per heavy atom. The van der Waals surface area contributed by atoms with Crippen LogP contribution in [0.2, 0.25) is 5.02 Å². The Labute approximate surface area is 110 Å². The van der Waals surface area contributed by atoms with E-state index in [0.717, 1.165) is 0 Å². The van der Waals surface area contributed by atoms with Crippen LogP contribution in [0.5, 0.6) is 5.75 Å². The van der Waals surface area contributed by atoms with Gasteiger partial charge in [-0.3, -0.25) is 9.59 Å². The van der Waals surface area contributed by atoms with Gasteiger partial charge in [0.15, 0.2) is 0 Å². The monoisotopic (exact) mass is 271 g/mol. The summed E-state index contributed by atoms with van der Waals surface area (Å²) in [7, 11) is 1.49. The first-order valence-corrected chi connectivity index (χ1v) is 5.67. The fourth-order valence-corrected chi connectivity index (χ4v) is 1.65. The second-order valence-electron chi connectivity index (χ2n) is 4.09. The van der Waals surface area contributed by atoms with Gasteiger partial charge in [0.05, 0.1) is 16.5 Å². The van der Waals surface area contributed by atoms with Crippen molar-refractivity contribution in [3.8, 4) is 5.75 Å². The van der Waals surface area contributed by atoms with Gasteiger partial charge in [-0.05, 0) is 18.2 Å². The standard InChI is InChI=1S/C12H14ClNO4/c1-7(12(17)18)6-14(2)11(16)9-5-8(15)3-4-10(9)13/h3-5,7,15H,6H2,1-2H3,(H,17,18). The van der Waals surface area contributed by atoms with Crippen molar-refractivity contribution in [3.05, 3.63) is 28.8 Å². The Kier molecular flexibility index (Phi) is 4.55. The second-order valence-corrected chi connectivity index (χ2v) is 4.50. The Balaban J connectivity index is 2.86. The molecule has 1 rings (SSSR count). The van der Waals surface area contributed by atoms with E-state index in [2.05, 4.69) is 0 Å². The Morgan fingerprint density at radius 1 is 1.44 bits per heavy atom. The van der Waals surface area contributed by atoms with Gasteiger partial charge in [-0.15, -0.1) is 0 Å². The third-order valence-electron chi connectivity index (χ3n) is 2.50. The van der Waals surface area contributed by atoms with Crippen molar-refractivity contribution in [2.75, 3.05) is 13.6 Å². The van der Waals surface area contributed by atoms with E-state index in [4.69, 9.17) is 16.7 Å². The minimum Gasteiger partial charge on any atom is -0.508 e. The molecule has 0 radical (unpaired) electrons. The highest BCUT2D eigenvalue weighted by Gasteiger charge is 2.20. The summed E-state index contributed by atoms with van der Waals surface area (Å²) in [4.78, 5) is 24.0. The third-order valence-corrected chi connectivity index (χ3v) is 2.83. The van der Waals surface area contributed by atoms with Crippen LogP contribution in [-0.2, 0) is 4.79 Å². The van der Waals surface area contributed by atoms with E-state index in [1.54, 1.807) is 0 Å². The van der Waals surface area contributed by atoms with E-state index < -0.39 is 17.8 Å². The average Bonchev–Trinajstić information content (AvgIpc) is 2.31. The molecular formula is C12H14ClNO4. The third kappa shape index (κ3) is 3.37. The molecule has 0 fully saturated rings. The molecular weight excluding hydrogens is 258 g/mol. The van der Waals surface area contributed by atoms with Gasteiger partial charge in [0, 0.05) is 13.6 Å². The summed E-state index contributed by atoms with van der Waals surface area (Å²) in [5, 5.41) is 18.3. The van der Waals surface area contributed by atoms with E-state index in [1.807, 2.05) is 0 Å². The molecule has 1 atom stereocenters. The van der Waals surface area contributed by atoms with Gasteiger partial charge in [0.25, 0.3) is 5.91 Å². The summed E-state index contributed by atoms with van der Waals surface area (Å²) in [5.41, 5.74) is 0.150. The first kappa shape index (κ1) is 14.3. The Hall–Kier alpha value is -1.75. The summed E-state index contributed by atoms with van der Waals surface area (Å²) in [6.45, 7) is 1.58. The van der Waals surface area contributed by atoms with Gasteiger partial charge in [-0.25, -0.2) is 0 Å². The van der Waals surface area contributed by atoms with Gasteiger partial charge in [0.1, 0.15) is 5.75 Å². The topological polar surface area (TPSA) is 77.8 Å². The van der Waals surface area contributed by atoms with Crippen molar-refractivity contribution < 1.29 is 19.8 Å². The van der Waals surface area contributed by atoms with E-state index in [1.165, 1.54) is 37.1 Å². The SMILES string of the molecule is CC(CN(C)C(=O)c1cc(O)ccc1Cl)C(=O)O. The summed E-state index contributed by atoms with van der Waals surface area (Å²) < 4.78 is 0. The number of aliphatic carboxylic acids is 1. The molecule has 0 aromatic heterocycles. The minimum atomic E-state index is -0.975. The lowest BCUT2D eigenvalue weighted by molar-refractivity contribution is -0.141. The lowest BCUT2D eigenvalue weighted by Crippen LogP contribution is -2.33. The number of carboxylic acid groups (broad SMARTS) is 1. The maximum absolute atomic E-state index is 12.0. The summed E-state index contributed by atoms with van der Waals surface area (Å²) >= 11 is 5.86. The fraction of sp³-hybridized carbons (Fsp3) is 0.333. The molecule has 2 N–H and O–H groups in total. The lowest BCUT2D eigenvalue weighted by Gasteiger charge is -2.20. The van der Waals surface area contributed by atoms with Crippen LogP contribution < -0.4 is 0 Å². The summed E-state index contributed by atoms with van der Waals surface area (Å²) in [6.07, 6.45) is 0. The molecule has 18 heavy (non-hydrogen) atoms. The van der Waals surface area contributed by atoms with Crippen molar-refractivity contribution in [2.45, 2.75) is 6.92 Å². The number of phenols is 1. The number of carbonyl (C=O) groups excluding carboxylic acids is 1. The van der Waals surface area contributed by atoms with Crippen LogP contribution in [0.15, 0.2) is 18.2 Å². The molecule has 0 heterocycles. The first-order chi connectivity index (χ1) is 8.32. The predicted molar refractivity (Wildman–Crippen MR) is 66.9 cm³/mol. The highest BCUT2D eigenvalue weighted by Crippen LogP contribution is 2.22. The normalized spacial score (nSPS) is 11.9. The number of amides is 1. The molecule has 0 aliphatic rings. The molecule has 6 heteroatoms. The predicted octanol–water partition coefficient (Wildman–Crippen LogP) is 1.84. The second kappa shape index (κ2) is 5.73. The van der Waals surface area contributed by atoms with Crippen LogP contribution >= 0.6 is 11.6 Å². The zero-order valence-electron chi connectivity index (χ0n) is 10.1. The number of halogens is 1. The minimum absolute atomic E-state index is 0.0672. The van der Waals surface area contributed by atoms with Gasteiger partial charge in [-0.1, -0.05) is 18.5 Å². The summed E-state index contributed by atoms with van der Waals surface area (Å²) in [6, 6.07) is 4.05. The maximum atomic E-state index is 12.0. The smallest absolute Gasteiger partial charge is 0.308 e. The molecule has 0 saturated carbocycles. The van der Waals surface area contributed by atoms with E-state index in [-0.39, 0.29) is 22.9 Å². The number of aromatic hydroxyl groups is 1. The van der Waals surface area contributed by atoms with Crippen molar-refractivity contribution in [1.82, 2.24) is 4.90 Å².